The van der Waals surface area contributed by atoms with Gasteiger partial charge in [0.1, 0.15) is 23.1 Å². The van der Waals surface area contributed by atoms with Crippen molar-refractivity contribution in [3.05, 3.63) is 70.4 Å². The number of benzene rings is 2. The Hall–Kier alpha value is -3.33. The quantitative estimate of drug-likeness (QED) is 0.608. The van der Waals surface area contributed by atoms with Crippen molar-refractivity contribution < 1.29 is 22.3 Å². The number of nitrogens with zero attached hydrogens (tertiary/aromatic N) is 1. The number of ether oxygens (including phenoxy) is 2. The van der Waals surface area contributed by atoms with E-state index in [2.05, 4.69) is 4.72 Å². The largest absolute Gasteiger partial charge is 0.493 e. The molecule has 2 heterocycles. The Kier molecular flexibility index (Phi) is 6.42. The second kappa shape index (κ2) is 9.27. The van der Waals surface area contributed by atoms with Crippen LogP contribution in [0.1, 0.15) is 25.3 Å². The summed E-state index contributed by atoms with van der Waals surface area (Å²) >= 11 is 0. The van der Waals surface area contributed by atoms with E-state index in [-0.39, 0.29) is 17.1 Å². The minimum atomic E-state index is -3.50. The molecule has 0 unspecified atom stereocenters. The van der Waals surface area contributed by atoms with Crippen LogP contribution in [0.2, 0.25) is 0 Å². The lowest BCUT2D eigenvalue weighted by atomic mass is 10.0. The van der Waals surface area contributed by atoms with Crippen molar-refractivity contribution in [2.24, 2.45) is 7.05 Å². The Labute approximate surface area is 191 Å². The molecule has 33 heavy (non-hydrogen) atoms. The first-order valence-corrected chi connectivity index (χ1v) is 12.4. The topological polar surface area (TPSA) is 86.6 Å². The number of aromatic nitrogens is 1. The number of nitrogens with one attached hydrogen (secondary N) is 1. The summed E-state index contributed by atoms with van der Waals surface area (Å²) in [5, 5.41) is 0. The normalized spacial score (nSPS) is 13.8. The van der Waals surface area contributed by atoms with Gasteiger partial charge in [0.2, 0.25) is 10.0 Å². The Balaban J connectivity index is 1.92. The van der Waals surface area contributed by atoms with Crippen LogP contribution in [0, 0.1) is 5.82 Å². The summed E-state index contributed by atoms with van der Waals surface area (Å²) in [7, 11) is -1.88. The van der Waals surface area contributed by atoms with Gasteiger partial charge in [-0.3, -0.25) is 9.52 Å². The van der Waals surface area contributed by atoms with Crippen molar-refractivity contribution in [1.82, 2.24) is 4.57 Å². The molecule has 2 aromatic carbocycles. The Morgan fingerprint density at radius 1 is 1.03 bits per heavy atom. The van der Waals surface area contributed by atoms with E-state index in [0.29, 0.717) is 53.5 Å². The van der Waals surface area contributed by atoms with Crippen molar-refractivity contribution in [2.75, 3.05) is 17.1 Å². The van der Waals surface area contributed by atoms with E-state index in [1.165, 1.54) is 22.8 Å². The van der Waals surface area contributed by atoms with Crippen LogP contribution < -0.4 is 19.8 Å². The lowest BCUT2D eigenvalue weighted by molar-refractivity contribution is 0.306. The van der Waals surface area contributed by atoms with E-state index in [1.807, 2.05) is 0 Å². The van der Waals surface area contributed by atoms with Gasteiger partial charge in [-0.1, -0.05) is 0 Å². The fraction of sp³-hybridized carbons (Fsp3) is 0.292. The third kappa shape index (κ3) is 5.19. The van der Waals surface area contributed by atoms with Gasteiger partial charge >= 0.3 is 0 Å². The van der Waals surface area contributed by atoms with Crippen molar-refractivity contribution in [2.45, 2.75) is 26.2 Å². The monoisotopic (exact) mass is 472 g/mol. The Bertz CT molecular complexity index is 1350. The molecule has 0 bridgehead atoms. The summed E-state index contributed by atoms with van der Waals surface area (Å²) in [4.78, 5) is 12.3. The van der Waals surface area contributed by atoms with Crippen LogP contribution in [0.3, 0.4) is 0 Å². The zero-order valence-electron chi connectivity index (χ0n) is 18.4. The minimum absolute atomic E-state index is 0.0757. The van der Waals surface area contributed by atoms with Crippen LogP contribution in [-0.2, 0) is 23.5 Å². The molecule has 174 valence electrons. The molecular formula is C24H25FN2O5S. The second-order valence-corrected chi connectivity index (χ2v) is 9.89. The van der Waals surface area contributed by atoms with E-state index in [0.717, 1.165) is 12.0 Å². The summed E-state index contributed by atoms with van der Waals surface area (Å²) in [5.41, 5.74) is 1.97. The number of sulfonamides is 1. The van der Waals surface area contributed by atoms with Crippen LogP contribution >= 0.6 is 0 Å². The SMILES string of the molecule is CCS(=O)(=O)Nc1ccc2c(c1)-c1cn(C)c(=O)cc1OCCCCc1cc(F)ccc1O2. The maximum atomic E-state index is 13.9. The molecule has 0 radical (unpaired) electrons. The summed E-state index contributed by atoms with van der Waals surface area (Å²) in [5.74, 6) is 0.913. The van der Waals surface area contributed by atoms with Gasteiger partial charge in [-0.2, -0.15) is 0 Å². The number of hydrogen-bond acceptors (Lipinski definition) is 5. The number of aryl methyl sites for hydroxylation is 2. The molecule has 3 aromatic rings. The van der Waals surface area contributed by atoms with Gasteiger partial charge in [-0.25, -0.2) is 12.8 Å². The minimum Gasteiger partial charge on any atom is -0.493 e. The molecule has 0 spiro atoms. The van der Waals surface area contributed by atoms with Crippen molar-refractivity contribution in [1.29, 1.82) is 0 Å². The maximum absolute atomic E-state index is 13.9. The molecule has 9 heteroatoms. The van der Waals surface area contributed by atoms with E-state index in [9.17, 15) is 17.6 Å². The molecule has 0 saturated carbocycles. The molecule has 0 aliphatic carbocycles. The molecule has 1 aliphatic heterocycles. The van der Waals surface area contributed by atoms with Crippen molar-refractivity contribution >= 4 is 15.7 Å². The van der Waals surface area contributed by atoms with Gasteiger partial charge in [-0.05, 0) is 68.1 Å². The van der Waals surface area contributed by atoms with Crippen LogP contribution in [0.4, 0.5) is 10.1 Å². The van der Waals surface area contributed by atoms with Gasteiger partial charge in [0.25, 0.3) is 5.56 Å². The van der Waals surface area contributed by atoms with E-state index in [1.54, 1.807) is 44.4 Å². The lowest BCUT2D eigenvalue weighted by Crippen LogP contribution is -2.17. The molecule has 4 rings (SSSR count). The van der Waals surface area contributed by atoms with Crippen LogP contribution in [0.15, 0.2) is 53.5 Å². The summed E-state index contributed by atoms with van der Waals surface area (Å²) < 4.78 is 54.3. The van der Waals surface area contributed by atoms with Crippen LogP contribution in [0.5, 0.6) is 17.2 Å². The first kappa shape index (κ1) is 22.8. The molecule has 1 N–H and O–H groups in total. The van der Waals surface area contributed by atoms with Crippen LogP contribution in [0.25, 0.3) is 11.1 Å². The summed E-state index contributed by atoms with van der Waals surface area (Å²) in [6, 6.07) is 10.7. The van der Waals surface area contributed by atoms with Gasteiger partial charge < -0.3 is 14.0 Å². The number of halogens is 1. The number of anilines is 1. The zero-order chi connectivity index (χ0) is 23.6. The first-order valence-electron chi connectivity index (χ1n) is 10.7. The third-order valence-corrected chi connectivity index (χ3v) is 6.76. The average Bonchev–Trinajstić information content (AvgIpc) is 2.77. The number of hydrogen-bond donors (Lipinski definition) is 1. The predicted molar refractivity (Wildman–Crippen MR) is 125 cm³/mol. The highest BCUT2D eigenvalue weighted by Gasteiger charge is 2.19. The van der Waals surface area contributed by atoms with Crippen molar-refractivity contribution in [3.8, 4) is 28.4 Å². The van der Waals surface area contributed by atoms with E-state index >= 15 is 0 Å². The Morgan fingerprint density at radius 3 is 2.61 bits per heavy atom. The molecule has 1 aliphatic rings. The summed E-state index contributed by atoms with van der Waals surface area (Å²) in [6.07, 6.45) is 3.69. The van der Waals surface area contributed by atoms with Crippen molar-refractivity contribution in [3.63, 3.8) is 0 Å². The predicted octanol–water partition coefficient (Wildman–Crippen LogP) is 4.46. The molecule has 7 nitrogen and oxygen atoms in total. The molecule has 0 saturated heterocycles. The average molecular weight is 473 g/mol. The highest BCUT2D eigenvalue weighted by Crippen LogP contribution is 2.41. The zero-order valence-corrected chi connectivity index (χ0v) is 19.2. The lowest BCUT2D eigenvalue weighted by Gasteiger charge is -2.20. The number of pyridine rings is 1. The molecule has 0 atom stereocenters. The van der Waals surface area contributed by atoms with Gasteiger partial charge in [0.05, 0.1) is 12.4 Å². The maximum Gasteiger partial charge on any atom is 0.254 e. The van der Waals surface area contributed by atoms with Gasteiger partial charge in [0, 0.05) is 36.1 Å². The second-order valence-electron chi connectivity index (χ2n) is 7.88. The molecule has 0 fully saturated rings. The highest BCUT2D eigenvalue weighted by atomic mass is 32.2. The molecular weight excluding hydrogens is 447 g/mol. The fourth-order valence-corrected chi connectivity index (χ4v) is 4.27. The standard InChI is InChI=1S/C24H25FN2O5S/c1-3-33(29,30)26-18-8-10-22-19(13-18)20-15-27(2)24(28)14-23(20)31-11-5-4-6-16-12-17(25)7-9-21(16)32-22/h7-10,12-15,26H,3-6,11H2,1-2H3. The van der Waals surface area contributed by atoms with Gasteiger partial charge in [-0.15, -0.1) is 0 Å². The first-order chi connectivity index (χ1) is 15.8. The third-order valence-electron chi connectivity index (χ3n) is 5.45. The fourth-order valence-electron chi connectivity index (χ4n) is 3.64. The highest BCUT2D eigenvalue weighted by molar-refractivity contribution is 7.92. The molecule has 0 amide bonds. The molecule has 1 aromatic heterocycles. The van der Waals surface area contributed by atoms with E-state index in [4.69, 9.17) is 9.47 Å². The number of rotatable bonds is 3. The summed E-state index contributed by atoms with van der Waals surface area (Å²) in [6.45, 7) is 1.93. The van der Waals surface area contributed by atoms with E-state index < -0.39 is 10.0 Å². The van der Waals surface area contributed by atoms with Gasteiger partial charge in [0.15, 0.2) is 0 Å². The number of fused-ring (bicyclic) bond motifs is 4. The van der Waals surface area contributed by atoms with Crippen LogP contribution in [-0.4, -0.2) is 25.3 Å². The smallest absolute Gasteiger partial charge is 0.254 e. The Morgan fingerprint density at radius 2 is 1.82 bits per heavy atom.